The maximum atomic E-state index is 11.6. The van der Waals surface area contributed by atoms with Crippen molar-refractivity contribution in [1.29, 1.82) is 0 Å². The largest absolute Gasteiger partial charge is 0.300 e. The van der Waals surface area contributed by atoms with Crippen molar-refractivity contribution in [2.75, 3.05) is 0 Å². The second-order valence-corrected chi connectivity index (χ2v) is 8.67. The first kappa shape index (κ1) is 17.9. The molecule has 0 amide bonds. The minimum Gasteiger partial charge on any atom is -0.300 e. The molecule has 136 valence electrons. The van der Waals surface area contributed by atoms with Crippen molar-refractivity contribution >= 4 is 22.9 Å². The Hall–Kier alpha value is -2.52. The van der Waals surface area contributed by atoms with Gasteiger partial charge in [-0.3, -0.25) is 9.59 Å². The first-order valence-corrected chi connectivity index (χ1v) is 10.1. The Bertz CT molecular complexity index is 1030. The Balaban J connectivity index is 0.000000134. The van der Waals surface area contributed by atoms with E-state index in [1.807, 2.05) is 35.6 Å². The highest BCUT2D eigenvalue weighted by Crippen LogP contribution is 2.41. The van der Waals surface area contributed by atoms with Crippen molar-refractivity contribution in [3.8, 4) is 11.1 Å². The molecule has 1 heterocycles. The Kier molecular flexibility index (Phi) is 4.79. The normalized spacial score (nSPS) is 16.2. The topological polar surface area (TPSA) is 34.1 Å². The number of aryl methyl sites for hydroxylation is 1. The number of carbonyl (C=O) groups excluding carboxylic acids is 2. The van der Waals surface area contributed by atoms with Crippen LogP contribution in [0, 0.1) is 6.92 Å². The molecule has 0 bridgehead atoms. The van der Waals surface area contributed by atoms with E-state index < -0.39 is 0 Å². The first-order chi connectivity index (χ1) is 13.0. The monoisotopic (exact) mass is 374 g/mol. The van der Waals surface area contributed by atoms with Gasteiger partial charge in [-0.25, -0.2) is 0 Å². The van der Waals surface area contributed by atoms with E-state index in [1.54, 1.807) is 4.88 Å². The summed E-state index contributed by atoms with van der Waals surface area (Å²) in [4.78, 5) is 25.6. The van der Waals surface area contributed by atoms with Gasteiger partial charge in [-0.1, -0.05) is 48.5 Å². The van der Waals surface area contributed by atoms with Gasteiger partial charge >= 0.3 is 0 Å². The molecular formula is C24H22O2S. The summed E-state index contributed by atoms with van der Waals surface area (Å²) in [5, 5.41) is 0. The lowest BCUT2D eigenvalue weighted by Crippen LogP contribution is -2.09. The van der Waals surface area contributed by atoms with Crippen LogP contribution in [0.15, 0.2) is 54.6 Å². The van der Waals surface area contributed by atoms with Crippen LogP contribution in [0.1, 0.15) is 45.7 Å². The summed E-state index contributed by atoms with van der Waals surface area (Å²) in [6.07, 6.45) is 1.99. The first-order valence-electron chi connectivity index (χ1n) is 9.30. The molecule has 1 unspecified atom stereocenters. The highest BCUT2D eigenvalue weighted by Gasteiger charge is 2.30. The third kappa shape index (κ3) is 3.52. The SMILES string of the molecule is CC(=O)CC1C(=O)Cc2ccccc21.Cc1cc2c(s1)Cc1ccccc1-2. The third-order valence-electron chi connectivity index (χ3n) is 5.27. The molecule has 2 aromatic carbocycles. The molecule has 5 rings (SSSR count). The van der Waals surface area contributed by atoms with Crippen LogP contribution in [0.5, 0.6) is 0 Å². The number of hydrogen-bond donors (Lipinski definition) is 0. The van der Waals surface area contributed by atoms with Crippen molar-refractivity contribution in [3.05, 3.63) is 81.0 Å². The molecule has 0 N–H and O–H groups in total. The molecular weight excluding hydrogens is 352 g/mol. The lowest BCUT2D eigenvalue weighted by atomic mass is 9.95. The van der Waals surface area contributed by atoms with Crippen molar-refractivity contribution in [1.82, 2.24) is 0 Å². The molecule has 2 aliphatic carbocycles. The predicted octanol–water partition coefficient (Wildman–Crippen LogP) is 5.50. The number of rotatable bonds is 2. The van der Waals surface area contributed by atoms with Crippen LogP contribution < -0.4 is 0 Å². The Labute approximate surface area is 163 Å². The summed E-state index contributed by atoms with van der Waals surface area (Å²) >= 11 is 1.93. The average molecular weight is 375 g/mol. The van der Waals surface area contributed by atoms with E-state index >= 15 is 0 Å². The summed E-state index contributed by atoms with van der Waals surface area (Å²) in [6, 6.07) is 18.8. The minimum atomic E-state index is -0.177. The van der Waals surface area contributed by atoms with Crippen molar-refractivity contribution in [2.24, 2.45) is 0 Å². The zero-order chi connectivity index (χ0) is 19.0. The molecule has 0 fully saturated rings. The van der Waals surface area contributed by atoms with Gasteiger partial charge < -0.3 is 0 Å². The van der Waals surface area contributed by atoms with Gasteiger partial charge in [0.25, 0.3) is 0 Å². The van der Waals surface area contributed by atoms with Crippen LogP contribution in [0.3, 0.4) is 0 Å². The highest BCUT2D eigenvalue weighted by molar-refractivity contribution is 7.12. The summed E-state index contributed by atoms with van der Waals surface area (Å²) in [5.74, 6) is 0.0881. The van der Waals surface area contributed by atoms with Crippen molar-refractivity contribution < 1.29 is 9.59 Å². The zero-order valence-corrected chi connectivity index (χ0v) is 16.4. The summed E-state index contributed by atoms with van der Waals surface area (Å²) < 4.78 is 0. The second kappa shape index (κ2) is 7.24. The number of Topliss-reactive ketones (excluding diaryl/α,β-unsaturated/α-hetero) is 2. The van der Waals surface area contributed by atoms with Gasteiger partial charge in [0.1, 0.15) is 11.6 Å². The third-order valence-corrected chi connectivity index (χ3v) is 6.32. The molecule has 27 heavy (non-hydrogen) atoms. The van der Waals surface area contributed by atoms with E-state index in [4.69, 9.17) is 0 Å². The van der Waals surface area contributed by atoms with Gasteiger partial charge in [0.2, 0.25) is 0 Å². The molecule has 2 nitrogen and oxygen atoms in total. The molecule has 3 heteroatoms. The minimum absolute atomic E-state index is 0.0834. The molecule has 0 saturated heterocycles. The van der Waals surface area contributed by atoms with Gasteiger partial charge in [-0.15, -0.1) is 11.3 Å². The van der Waals surface area contributed by atoms with Gasteiger partial charge in [-0.05, 0) is 47.7 Å². The van der Waals surface area contributed by atoms with Crippen molar-refractivity contribution in [3.63, 3.8) is 0 Å². The highest BCUT2D eigenvalue weighted by atomic mass is 32.1. The van der Waals surface area contributed by atoms with E-state index in [2.05, 4.69) is 37.3 Å². The van der Waals surface area contributed by atoms with E-state index in [9.17, 15) is 9.59 Å². The fourth-order valence-corrected chi connectivity index (χ4v) is 5.13. The van der Waals surface area contributed by atoms with Crippen LogP contribution in [-0.2, 0) is 22.4 Å². The van der Waals surface area contributed by atoms with E-state index in [1.165, 1.54) is 28.5 Å². The number of ketones is 2. The Morgan fingerprint density at radius 3 is 2.48 bits per heavy atom. The number of carbonyl (C=O) groups is 2. The van der Waals surface area contributed by atoms with E-state index in [0.29, 0.717) is 12.8 Å². The summed E-state index contributed by atoms with van der Waals surface area (Å²) in [5.41, 5.74) is 6.54. The smallest absolute Gasteiger partial charge is 0.145 e. The maximum Gasteiger partial charge on any atom is 0.145 e. The lowest BCUT2D eigenvalue weighted by molar-refractivity contribution is -0.123. The molecule has 1 aromatic heterocycles. The molecule has 1 atom stereocenters. The number of hydrogen-bond acceptors (Lipinski definition) is 3. The molecule has 0 radical (unpaired) electrons. The molecule has 0 spiro atoms. The van der Waals surface area contributed by atoms with Crippen LogP contribution in [0.4, 0.5) is 0 Å². The second-order valence-electron chi connectivity index (χ2n) is 7.33. The van der Waals surface area contributed by atoms with Crippen LogP contribution in [-0.4, -0.2) is 11.6 Å². The van der Waals surface area contributed by atoms with Gasteiger partial charge in [0.15, 0.2) is 0 Å². The van der Waals surface area contributed by atoms with Crippen molar-refractivity contribution in [2.45, 2.75) is 39.0 Å². The fourth-order valence-electron chi connectivity index (χ4n) is 4.06. The van der Waals surface area contributed by atoms with Crippen LogP contribution in [0.25, 0.3) is 11.1 Å². The van der Waals surface area contributed by atoms with E-state index in [-0.39, 0.29) is 17.5 Å². The molecule has 0 aliphatic heterocycles. The summed E-state index contributed by atoms with van der Waals surface area (Å²) in [6.45, 7) is 3.72. The lowest BCUT2D eigenvalue weighted by Gasteiger charge is -2.06. The zero-order valence-electron chi connectivity index (χ0n) is 15.6. The quantitative estimate of drug-likeness (QED) is 0.464. The van der Waals surface area contributed by atoms with Crippen LogP contribution in [0.2, 0.25) is 0 Å². The standard InChI is InChI=1S/C12H12O2.C12H10S/c1-8(13)6-11-10-5-3-2-4-9(10)7-12(11)14;1-8-6-11-10-5-3-2-4-9(10)7-12(11)13-8/h2-5,11H,6-7H2,1H3;2-6H,7H2,1H3. The van der Waals surface area contributed by atoms with E-state index in [0.717, 1.165) is 17.5 Å². The molecule has 3 aromatic rings. The molecule has 2 aliphatic rings. The predicted molar refractivity (Wildman–Crippen MR) is 110 cm³/mol. The van der Waals surface area contributed by atoms with Crippen LogP contribution >= 0.6 is 11.3 Å². The fraction of sp³-hybridized carbons (Fsp3) is 0.250. The average Bonchev–Trinajstić information content (AvgIpc) is 3.26. The van der Waals surface area contributed by atoms with Gasteiger partial charge in [-0.2, -0.15) is 0 Å². The van der Waals surface area contributed by atoms with Gasteiger partial charge in [0.05, 0.1) is 5.92 Å². The number of thiophene rings is 1. The number of fused-ring (bicyclic) bond motifs is 4. The Morgan fingerprint density at radius 2 is 1.70 bits per heavy atom. The number of benzene rings is 2. The Morgan fingerprint density at radius 1 is 1.00 bits per heavy atom. The summed E-state index contributed by atoms with van der Waals surface area (Å²) in [7, 11) is 0. The van der Waals surface area contributed by atoms with Gasteiger partial charge in [0, 0.05) is 29.0 Å². The molecule has 0 saturated carbocycles. The maximum absolute atomic E-state index is 11.6.